The topological polar surface area (TPSA) is 96.0 Å². The maximum absolute atomic E-state index is 14.4. The molecule has 0 fully saturated rings. The Hall–Kier alpha value is -3.67. The predicted molar refractivity (Wildman–Crippen MR) is 179 cm³/mol. The van der Waals surface area contributed by atoms with Gasteiger partial charge in [-0.15, -0.1) is 0 Å². The van der Waals surface area contributed by atoms with Crippen molar-refractivity contribution in [2.24, 2.45) is 0 Å². The lowest BCUT2D eigenvalue weighted by Crippen LogP contribution is -2.53. The third-order valence-electron chi connectivity index (χ3n) is 7.10. The molecule has 44 heavy (non-hydrogen) atoms. The molecule has 4 rings (SSSR count). The quantitative estimate of drug-likeness (QED) is 0.189. The van der Waals surface area contributed by atoms with E-state index in [-0.39, 0.29) is 23.8 Å². The van der Waals surface area contributed by atoms with Crippen LogP contribution in [-0.2, 0) is 32.6 Å². The molecule has 0 heterocycles. The van der Waals surface area contributed by atoms with Crippen LogP contribution in [0, 0.1) is 6.92 Å². The van der Waals surface area contributed by atoms with Gasteiger partial charge in [0.2, 0.25) is 11.8 Å². The van der Waals surface area contributed by atoms with Crippen LogP contribution in [0.5, 0.6) is 5.75 Å². The third-order valence-corrected chi connectivity index (χ3v) is 10.0. The predicted octanol–water partition coefficient (Wildman–Crippen LogP) is 6.11. The number of hydrogen-bond donors (Lipinski definition) is 1. The van der Waals surface area contributed by atoms with Crippen molar-refractivity contribution in [3.8, 4) is 5.75 Å². The highest BCUT2D eigenvalue weighted by Crippen LogP contribution is 2.31. The van der Waals surface area contributed by atoms with E-state index in [9.17, 15) is 18.0 Å². The van der Waals surface area contributed by atoms with E-state index < -0.39 is 28.5 Å². The van der Waals surface area contributed by atoms with E-state index in [0.29, 0.717) is 15.9 Å². The lowest BCUT2D eigenvalue weighted by atomic mass is 10.0. The van der Waals surface area contributed by atoms with Crippen LogP contribution >= 0.6 is 31.9 Å². The number of nitrogens with one attached hydrogen (secondary N) is 1. The van der Waals surface area contributed by atoms with Crippen LogP contribution in [0.3, 0.4) is 0 Å². The summed E-state index contributed by atoms with van der Waals surface area (Å²) >= 11 is 6.82. The van der Waals surface area contributed by atoms with Crippen LogP contribution in [0.25, 0.3) is 0 Å². The zero-order chi connectivity index (χ0) is 31.9. The summed E-state index contributed by atoms with van der Waals surface area (Å²) in [7, 11) is -1.23. The van der Waals surface area contributed by atoms with E-state index in [0.717, 1.165) is 25.5 Å². The maximum Gasteiger partial charge on any atom is 0.264 e. The van der Waals surface area contributed by atoms with Crippen molar-refractivity contribution in [2.75, 3.05) is 25.0 Å². The first-order valence-electron chi connectivity index (χ1n) is 13.8. The highest BCUT2D eigenvalue weighted by Gasteiger charge is 2.34. The average molecular weight is 744 g/mol. The maximum atomic E-state index is 14.4. The number of sulfonamides is 1. The first kappa shape index (κ1) is 33.2. The van der Waals surface area contributed by atoms with Crippen molar-refractivity contribution in [3.05, 3.63) is 123 Å². The minimum atomic E-state index is -4.24. The van der Waals surface area contributed by atoms with Crippen molar-refractivity contribution < 1.29 is 22.7 Å². The van der Waals surface area contributed by atoms with Gasteiger partial charge in [0, 0.05) is 24.5 Å². The molecule has 0 aliphatic carbocycles. The second-order valence-corrected chi connectivity index (χ2v) is 13.7. The number of amides is 2. The van der Waals surface area contributed by atoms with Crippen LogP contribution in [0.15, 0.2) is 111 Å². The molecule has 8 nitrogen and oxygen atoms in total. The van der Waals surface area contributed by atoms with E-state index in [1.807, 2.05) is 61.5 Å². The molecule has 0 unspecified atom stereocenters. The Morgan fingerprint density at radius 3 is 2.14 bits per heavy atom. The second-order valence-electron chi connectivity index (χ2n) is 10.1. The molecule has 0 aliphatic heterocycles. The number of benzene rings is 4. The van der Waals surface area contributed by atoms with Crippen molar-refractivity contribution >= 4 is 59.4 Å². The number of anilines is 1. The molecular formula is C33H33Br2N3O5S. The van der Waals surface area contributed by atoms with Gasteiger partial charge in [-0.3, -0.25) is 13.9 Å². The van der Waals surface area contributed by atoms with Gasteiger partial charge in [-0.1, -0.05) is 76.1 Å². The van der Waals surface area contributed by atoms with Crippen LogP contribution in [-0.4, -0.2) is 51.9 Å². The molecular weight excluding hydrogens is 710 g/mol. The zero-order valence-corrected chi connectivity index (χ0v) is 28.5. The van der Waals surface area contributed by atoms with Crippen molar-refractivity contribution in [2.45, 2.75) is 30.8 Å². The van der Waals surface area contributed by atoms with Gasteiger partial charge in [-0.05, 0) is 76.4 Å². The summed E-state index contributed by atoms with van der Waals surface area (Å²) < 4.78 is 36.1. The Morgan fingerprint density at radius 1 is 0.886 bits per heavy atom. The molecule has 0 radical (unpaired) electrons. The number of likely N-dealkylation sites (N-methyl/N-ethyl adjacent to an activating group) is 1. The monoisotopic (exact) mass is 741 g/mol. The van der Waals surface area contributed by atoms with Gasteiger partial charge in [0.1, 0.15) is 18.3 Å². The number of aryl methyl sites for hydroxylation is 1. The molecule has 0 spiro atoms. The average Bonchev–Trinajstić information content (AvgIpc) is 3.02. The summed E-state index contributed by atoms with van der Waals surface area (Å²) in [5.41, 5.74) is 2.90. The SMILES string of the molecule is CNC(=O)[C@@H](Cc1ccccc1)N(Cc1ccc(Br)cc1)C(=O)CN(c1ccc(C)cc1)S(=O)(=O)c1ccc(OC)c(Br)c1. The molecule has 1 atom stereocenters. The second kappa shape index (κ2) is 14.9. The Kier molecular flexibility index (Phi) is 11.2. The molecule has 4 aromatic carbocycles. The van der Waals surface area contributed by atoms with Crippen molar-refractivity contribution in [1.29, 1.82) is 0 Å². The Balaban J connectivity index is 1.79. The number of halogens is 2. The van der Waals surface area contributed by atoms with E-state index in [1.54, 1.807) is 30.3 Å². The summed E-state index contributed by atoms with van der Waals surface area (Å²) in [5, 5.41) is 2.69. The van der Waals surface area contributed by atoms with Gasteiger partial charge in [0.15, 0.2) is 0 Å². The Labute approximate surface area is 275 Å². The van der Waals surface area contributed by atoms with E-state index in [4.69, 9.17) is 4.74 Å². The number of hydrogen-bond acceptors (Lipinski definition) is 5. The first-order chi connectivity index (χ1) is 21.0. The minimum Gasteiger partial charge on any atom is -0.496 e. The molecule has 0 aliphatic rings. The van der Waals surface area contributed by atoms with E-state index in [2.05, 4.69) is 37.2 Å². The molecule has 0 aromatic heterocycles. The minimum absolute atomic E-state index is 0.0230. The lowest BCUT2D eigenvalue weighted by Gasteiger charge is -2.33. The molecule has 11 heteroatoms. The standard InChI is InChI=1S/C33H33Br2N3O5S/c1-23-9-15-27(16-10-23)38(44(41,42)28-17-18-31(43-3)29(35)20-28)22-32(39)37(21-25-11-13-26(34)14-12-25)30(33(40)36-2)19-24-7-5-4-6-8-24/h4-18,20,30H,19,21-22H2,1-3H3,(H,36,40)/t30-/m1/s1. The van der Waals surface area contributed by atoms with Gasteiger partial charge in [0.25, 0.3) is 10.0 Å². The highest BCUT2D eigenvalue weighted by atomic mass is 79.9. The van der Waals surface area contributed by atoms with Crippen molar-refractivity contribution in [1.82, 2.24) is 10.2 Å². The van der Waals surface area contributed by atoms with E-state index in [1.165, 1.54) is 31.2 Å². The van der Waals surface area contributed by atoms with Gasteiger partial charge in [0.05, 0.1) is 22.2 Å². The Morgan fingerprint density at radius 2 is 1.55 bits per heavy atom. The number of ether oxygens (including phenoxy) is 1. The molecule has 1 N–H and O–H groups in total. The summed E-state index contributed by atoms with van der Waals surface area (Å²) in [6.07, 6.45) is 0.242. The number of carbonyl (C=O) groups excluding carboxylic acids is 2. The van der Waals surface area contributed by atoms with Gasteiger partial charge in [-0.2, -0.15) is 0 Å². The fourth-order valence-corrected chi connectivity index (χ4v) is 7.08. The molecule has 0 saturated carbocycles. The number of carbonyl (C=O) groups is 2. The molecule has 230 valence electrons. The Bertz CT molecular complexity index is 1700. The first-order valence-corrected chi connectivity index (χ1v) is 16.8. The molecule has 0 saturated heterocycles. The lowest BCUT2D eigenvalue weighted by molar-refractivity contribution is -0.139. The zero-order valence-electron chi connectivity index (χ0n) is 24.5. The van der Waals surface area contributed by atoms with Gasteiger partial charge >= 0.3 is 0 Å². The van der Waals surface area contributed by atoms with E-state index >= 15 is 0 Å². The molecule has 0 bridgehead atoms. The highest BCUT2D eigenvalue weighted by molar-refractivity contribution is 9.10. The normalized spacial score (nSPS) is 11.8. The number of nitrogens with zero attached hydrogens (tertiary/aromatic N) is 2. The summed E-state index contributed by atoms with van der Waals surface area (Å²) in [6.45, 7) is 1.45. The summed E-state index contributed by atoms with van der Waals surface area (Å²) in [5.74, 6) is -0.422. The van der Waals surface area contributed by atoms with Crippen LogP contribution in [0.1, 0.15) is 16.7 Å². The third kappa shape index (κ3) is 8.08. The number of methoxy groups -OCH3 is 1. The fraction of sp³-hybridized carbons (Fsp3) is 0.212. The summed E-state index contributed by atoms with van der Waals surface area (Å²) in [4.78, 5) is 29.1. The smallest absolute Gasteiger partial charge is 0.264 e. The molecule has 4 aromatic rings. The van der Waals surface area contributed by atoms with Gasteiger partial charge in [-0.25, -0.2) is 8.42 Å². The summed E-state index contributed by atoms with van der Waals surface area (Å²) in [6, 6.07) is 27.3. The van der Waals surface area contributed by atoms with Crippen LogP contribution < -0.4 is 14.4 Å². The van der Waals surface area contributed by atoms with Crippen molar-refractivity contribution in [3.63, 3.8) is 0 Å². The van der Waals surface area contributed by atoms with Crippen LogP contribution in [0.2, 0.25) is 0 Å². The number of rotatable bonds is 12. The van der Waals surface area contributed by atoms with Crippen LogP contribution in [0.4, 0.5) is 5.69 Å². The fourth-order valence-electron chi connectivity index (χ4n) is 4.68. The molecule has 2 amide bonds. The van der Waals surface area contributed by atoms with Gasteiger partial charge < -0.3 is 15.0 Å². The largest absolute Gasteiger partial charge is 0.496 e.